The Labute approximate surface area is 132 Å². The second-order valence-electron chi connectivity index (χ2n) is 5.13. The first-order valence-electron chi connectivity index (χ1n) is 6.74. The van der Waals surface area contributed by atoms with E-state index in [0.29, 0.717) is 11.6 Å². The predicted octanol–water partition coefficient (Wildman–Crippen LogP) is 2.44. The second kappa shape index (κ2) is 5.38. The van der Waals surface area contributed by atoms with Gasteiger partial charge in [-0.3, -0.25) is 4.99 Å². The van der Waals surface area contributed by atoms with E-state index in [1.54, 1.807) is 6.07 Å². The maximum atomic E-state index is 6.12. The van der Waals surface area contributed by atoms with Crippen molar-refractivity contribution in [2.75, 3.05) is 6.54 Å². The highest BCUT2D eigenvalue weighted by Gasteiger charge is 2.20. The number of guanidine groups is 1. The van der Waals surface area contributed by atoms with Crippen LogP contribution in [0.3, 0.4) is 0 Å². The van der Waals surface area contributed by atoms with Crippen LogP contribution in [0.1, 0.15) is 19.5 Å². The predicted molar refractivity (Wildman–Crippen MR) is 90.6 cm³/mol. The van der Waals surface area contributed by atoms with Gasteiger partial charge in [0.25, 0.3) is 5.95 Å². The van der Waals surface area contributed by atoms with E-state index in [1.807, 2.05) is 26.0 Å². The van der Waals surface area contributed by atoms with Gasteiger partial charge in [-0.15, -0.1) is 0 Å². The molecule has 1 aromatic carbocycles. The summed E-state index contributed by atoms with van der Waals surface area (Å²) >= 11 is 6.12. The molecule has 7 heteroatoms. The van der Waals surface area contributed by atoms with E-state index in [9.17, 15) is 0 Å². The molecular weight excluding hydrogens is 300 g/mol. The van der Waals surface area contributed by atoms with E-state index < -0.39 is 0 Å². The monoisotopic (exact) mass is 314 g/mol. The summed E-state index contributed by atoms with van der Waals surface area (Å²) in [4.78, 5) is 17.3. The number of fused-ring (bicyclic) bond motifs is 1. The van der Waals surface area contributed by atoms with Crippen LogP contribution in [0.4, 0.5) is 5.95 Å². The van der Waals surface area contributed by atoms with Gasteiger partial charge in [0.2, 0.25) is 0 Å². The fourth-order valence-electron chi connectivity index (χ4n) is 2.52. The van der Waals surface area contributed by atoms with E-state index in [2.05, 4.69) is 20.0 Å². The molecule has 0 fully saturated rings. The fraction of sp³-hybridized carbons (Fsp3) is 0.200. The van der Waals surface area contributed by atoms with Gasteiger partial charge in [-0.25, -0.2) is 9.97 Å². The molecule has 1 aromatic heterocycles. The molecule has 0 amide bonds. The number of halogens is 1. The maximum Gasteiger partial charge on any atom is 0.253 e. The number of hydrogen-bond donors (Lipinski definition) is 2. The van der Waals surface area contributed by atoms with Crippen LogP contribution in [0.15, 0.2) is 33.8 Å². The molecule has 0 spiro atoms. The van der Waals surface area contributed by atoms with Crippen molar-refractivity contribution in [3.05, 3.63) is 34.5 Å². The molecule has 1 aliphatic heterocycles. The Morgan fingerprint density at radius 3 is 2.64 bits per heavy atom. The van der Waals surface area contributed by atoms with Crippen LogP contribution in [-0.4, -0.2) is 28.2 Å². The Morgan fingerprint density at radius 1 is 1.23 bits per heavy atom. The molecule has 1 aliphatic rings. The minimum atomic E-state index is -0.0817. The molecule has 0 unspecified atom stereocenters. The topological polar surface area (TPSA) is 103 Å². The van der Waals surface area contributed by atoms with Crippen LogP contribution in [-0.2, 0) is 0 Å². The first kappa shape index (κ1) is 14.5. The summed E-state index contributed by atoms with van der Waals surface area (Å²) in [5, 5.41) is 1.48. The van der Waals surface area contributed by atoms with Crippen molar-refractivity contribution >= 4 is 45.7 Å². The quantitative estimate of drug-likeness (QED) is 0.656. The Balaban J connectivity index is 2.35. The molecule has 0 atom stereocenters. The third-order valence-corrected chi connectivity index (χ3v) is 3.69. The van der Waals surface area contributed by atoms with Crippen LogP contribution < -0.4 is 11.5 Å². The molecule has 2 heterocycles. The smallest absolute Gasteiger partial charge is 0.253 e. The minimum absolute atomic E-state index is 0.0817. The standard InChI is InChI=1S/C15H15ClN6/c1-7-6-19-8(2)12(7)13-10-5-9(16)3-4-11(10)20-15(21-13)22-14(17)18/h3-5H,6H2,1-2H3,(H4,17,18,20,21,22). The highest BCUT2D eigenvalue weighted by molar-refractivity contribution is 6.32. The number of nitrogens with two attached hydrogens (primary N) is 2. The van der Waals surface area contributed by atoms with Gasteiger partial charge in [0, 0.05) is 21.7 Å². The Morgan fingerprint density at radius 2 is 2.00 bits per heavy atom. The van der Waals surface area contributed by atoms with Gasteiger partial charge < -0.3 is 11.5 Å². The summed E-state index contributed by atoms with van der Waals surface area (Å²) in [6.07, 6.45) is 0. The number of aliphatic imine (C=N–C) groups is 2. The zero-order valence-corrected chi connectivity index (χ0v) is 13.0. The largest absolute Gasteiger partial charge is 0.370 e. The lowest BCUT2D eigenvalue weighted by Gasteiger charge is -2.10. The SMILES string of the molecule is CC1=NCC(C)=C1c1nc(N=C(N)N)nc2ccc(Cl)cc12. The van der Waals surface area contributed by atoms with Crippen molar-refractivity contribution in [3.8, 4) is 0 Å². The molecule has 4 N–H and O–H groups in total. The maximum absolute atomic E-state index is 6.12. The molecule has 2 aromatic rings. The Bertz CT molecular complexity index is 862. The molecule has 0 saturated carbocycles. The number of rotatable bonds is 2. The third-order valence-electron chi connectivity index (χ3n) is 3.45. The molecule has 0 bridgehead atoms. The normalized spacial score (nSPS) is 14.4. The average molecular weight is 315 g/mol. The summed E-state index contributed by atoms with van der Waals surface area (Å²) in [5.74, 6) is 0.145. The van der Waals surface area contributed by atoms with E-state index in [4.69, 9.17) is 23.1 Å². The first-order valence-corrected chi connectivity index (χ1v) is 7.12. The third kappa shape index (κ3) is 2.53. The number of benzene rings is 1. The summed E-state index contributed by atoms with van der Waals surface area (Å²) in [6, 6.07) is 5.44. The number of aromatic nitrogens is 2. The summed E-state index contributed by atoms with van der Waals surface area (Å²) in [7, 11) is 0. The highest BCUT2D eigenvalue weighted by Crippen LogP contribution is 2.32. The fourth-order valence-corrected chi connectivity index (χ4v) is 2.69. The second-order valence-corrected chi connectivity index (χ2v) is 5.56. The lowest BCUT2D eigenvalue weighted by Crippen LogP contribution is -2.22. The van der Waals surface area contributed by atoms with Crippen LogP contribution in [0.2, 0.25) is 5.02 Å². The van der Waals surface area contributed by atoms with Crippen LogP contribution >= 0.6 is 11.6 Å². The van der Waals surface area contributed by atoms with Gasteiger partial charge >= 0.3 is 0 Å². The van der Waals surface area contributed by atoms with Crippen molar-refractivity contribution in [1.29, 1.82) is 0 Å². The molecule has 6 nitrogen and oxygen atoms in total. The molecule has 112 valence electrons. The van der Waals surface area contributed by atoms with E-state index in [0.717, 1.165) is 33.5 Å². The molecule has 0 saturated heterocycles. The summed E-state index contributed by atoms with van der Waals surface area (Å²) in [5.41, 5.74) is 15.5. The summed E-state index contributed by atoms with van der Waals surface area (Å²) in [6.45, 7) is 4.67. The summed E-state index contributed by atoms with van der Waals surface area (Å²) < 4.78 is 0. The van der Waals surface area contributed by atoms with Gasteiger partial charge in [-0.2, -0.15) is 4.99 Å². The van der Waals surface area contributed by atoms with Crippen LogP contribution in [0.5, 0.6) is 0 Å². The van der Waals surface area contributed by atoms with Gasteiger partial charge in [-0.1, -0.05) is 11.6 Å². The zero-order chi connectivity index (χ0) is 15.9. The van der Waals surface area contributed by atoms with Crippen molar-refractivity contribution in [1.82, 2.24) is 9.97 Å². The van der Waals surface area contributed by atoms with Gasteiger partial charge in [0.05, 0.1) is 17.8 Å². The molecular formula is C15H15ClN6. The van der Waals surface area contributed by atoms with Gasteiger partial charge in [-0.05, 0) is 37.6 Å². The number of allylic oxidation sites excluding steroid dienone is 1. The van der Waals surface area contributed by atoms with Crippen molar-refractivity contribution in [3.63, 3.8) is 0 Å². The van der Waals surface area contributed by atoms with Gasteiger partial charge in [0.1, 0.15) is 0 Å². The van der Waals surface area contributed by atoms with E-state index in [-0.39, 0.29) is 11.9 Å². The van der Waals surface area contributed by atoms with E-state index in [1.165, 1.54) is 0 Å². The lowest BCUT2D eigenvalue weighted by atomic mass is 10.0. The number of hydrogen-bond acceptors (Lipinski definition) is 4. The average Bonchev–Trinajstić information content (AvgIpc) is 2.77. The van der Waals surface area contributed by atoms with Crippen LogP contribution in [0, 0.1) is 0 Å². The zero-order valence-electron chi connectivity index (χ0n) is 12.3. The first-order chi connectivity index (χ1) is 10.5. The molecule has 22 heavy (non-hydrogen) atoms. The van der Waals surface area contributed by atoms with Crippen molar-refractivity contribution < 1.29 is 0 Å². The van der Waals surface area contributed by atoms with Gasteiger partial charge in [0.15, 0.2) is 5.96 Å². The van der Waals surface area contributed by atoms with Crippen LogP contribution in [0.25, 0.3) is 16.5 Å². The highest BCUT2D eigenvalue weighted by atomic mass is 35.5. The minimum Gasteiger partial charge on any atom is -0.370 e. The molecule has 0 radical (unpaired) electrons. The Kier molecular flexibility index (Phi) is 3.54. The Hall–Kier alpha value is -2.47. The number of nitrogens with zero attached hydrogens (tertiary/aromatic N) is 4. The van der Waals surface area contributed by atoms with Crippen molar-refractivity contribution in [2.45, 2.75) is 13.8 Å². The van der Waals surface area contributed by atoms with E-state index >= 15 is 0 Å². The molecule has 3 rings (SSSR count). The molecule has 0 aliphatic carbocycles. The lowest BCUT2D eigenvalue weighted by molar-refractivity contribution is 1.14. The van der Waals surface area contributed by atoms with Crippen molar-refractivity contribution in [2.24, 2.45) is 21.5 Å².